The first-order chi connectivity index (χ1) is 12.3. The third-order valence-electron chi connectivity index (χ3n) is 3.53. The third kappa shape index (κ3) is 3.60. The molecule has 0 aliphatic carbocycles. The summed E-state index contributed by atoms with van der Waals surface area (Å²) in [5.41, 5.74) is 7.53. The van der Waals surface area contributed by atoms with Crippen LogP contribution >= 0.6 is 11.6 Å². The minimum Gasteiger partial charge on any atom is -0.441 e. The van der Waals surface area contributed by atoms with Gasteiger partial charge in [-0.3, -0.25) is 4.79 Å². The maximum atomic E-state index is 12.0. The molecule has 1 amide bonds. The Kier molecular flexibility index (Phi) is 4.77. The van der Waals surface area contributed by atoms with Gasteiger partial charge in [0.15, 0.2) is 0 Å². The summed E-state index contributed by atoms with van der Waals surface area (Å²) in [5, 5.41) is 3.33. The van der Waals surface area contributed by atoms with Crippen molar-refractivity contribution in [2.24, 2.45) is 0 Å². The minimum absolute atomic E-state index is 0.173. The van der Waals surface area contributed by atoms with Gasteiger partial charge in [-0.1, -0.05) is 11.6 Å². The molecule has 0 atom stereocenters. The zero-order valence-corrected chi connectivity index (χ0v) is 15.2. The number of nitrogens with one attached hydrogen (secondary N) is 1. The molecule has 3 aromatic rings. The van der Waals surface area contributed by atoms with E-state index in [1.807, 2.05) is 0 Å². The van der Waals surface area contributed by atoms with E-state index in [-0.39, 0.29) is 17.7 Å². The highest BCUT2D eigenvalue weighted by molar-refractivity contribution is 6.34. The molecule has 0 saturated carbocycles. The van der Waals surface area contributed by atoms with Crippen LogP contribution in [0.1, 0.15) is 16.1 Å². The predicted octanol–water partition coefficient (Wildman–Crippen LogP) is 3.12. The number of nitrogen functional groups attached to an aromatic ring is 1. The first kappa shape index (κ1) is 17.7. The Morgan fingerprint density at radius 1 is 1.27 bits per heavy atom. The van der Waals surface area contributed by atoms with Crippen LogP contribution in [0.5, 0.6) is 0 Å². The van der Waals surface area contributed by atoms with Gasteiger partial charge in [0.2, 0.25) is 11.8 Å². The van der Waals surface area contributed by atoms with Crippen molar-refractivity contribution in [2.45, 2.75) is 6.92 Å². The van der Waals surface area contributed by atoms with Crippen molar-refractivity contribution in [2.75, 3.05) is 25.1 Å². The lowest BCUT2D eigenvalue weighted by molar-refractivity contribution is 0.0828. The van der Waals surface area contributed by atoms with Gasteiger partial charge in [0.05, 0.1) is 22.3 Å². The van der Waals surface area contributed by atoms with Crippen LogP contribution in [0.4, 0.5) is 17.5 Å². The molecule has 2 aromatic heterocycles. The number of benzene rings is 1. The number of rotatable bonds is 4. The fraction of sp³-hybridized carbons (Fsp3) is 0.176. The van der Waals surface area contributed by atoms with Crippen LogP contribution in [0.25, 0.3) is 11.5 Å². The molecule has 0 radical (unpaired) electrons. The van der Waals surface area contributed by atoms with Gasteiger partial charge in [-0.25, -0.2) is 9.97 Å². The second-order valence-electron chi connectivity index (χ2n) is 5.79. The van der Waals surface area contributed by atoms with Gasteiger partial charge in [-0.2, -0.15) is 4.98 Å². The fourth-order valence-corrected chi connectivity index (χ4v) is 2.50. The molecule has 0 aliphatic rings. The van der Waals surface area contributed by atoms with Gasteiger partial charge in [-0.05, 0) is 25.1 Å². The van der Waals surface area contributed by atoms with E-state index in [1.165, 1.54) is 11.1 Å². The highest BCUT2D eigenvalue weighted by Gasteiger charge is 2.14. The third-order valence-corrected chi connectivity index (χ3v) is 3.84. The second-order valence-corrected chi connectivity index (χ2v) is 6.19. The summed E-state index contributed by atoms with van der Waals surface area (Å²) in [6.07, 6.45) is 3.13. The number of halogens is 1. The standard InChI is InChI=1S/C17H17ClN6O2/c1-9-7-20-15(26-9)12-8-21-17(23-14(12)19)22-10-4-5-11(13(18)6-10)16(25)24(2)3/h4-8H,1-3H3,(H3,19,21,22,23). The summed E-state index contributed by atoms with van der Waals surface area (Å²) >= 11 is 6.20. The molecule has 0 spiro atoms. The van der Waals surface area contributed by atoms with Crippen LogP contribution in [0, 0.1) is 6.92 Å². The topological polar surface area (TPSA) is 110 Å². The van der Waals surface area contributed by atoms with Crippen molar-refractivity contribution in [3.63, 3.8) is 0 Å². The number of hydrogen-bond donors (Lipinski definition) is 2. The van der Waals surface area contributed by atoms with E-state index in [4.69, 9.17) is 21.8 Å². The second kappa shape index (κ2) is 7.01. The molecule has 1 aromatic carbocycles. The summed E-state index contributed by atoms with van der Waals surface area (Å²) in [6.45, 7) is 1.79. The molecule has 0 saturated heterocycles. The molecule has 0 unspecified atom stereocenters. The Bertz CT molecular complexity index is 970. The molecular weight excluding hydrogens is 356 g/mol. The van der Waals surface area contributed by atoms with Gasteiger partial charge < -0.3 is 20.4 Å². The van der Waals surface area contributed by atoms with E-state index in [1.54, 1.807) is 45.4 Å². The Balaban J connectivity index is 1.82. The van der Waals surface area contributed by atoms with E-state index in [2.05, 4.69) is 20.3 Å². The van der Waals surface area contributed by atoms with E-state index in [0.29, 0.717) is 33.5 Å². The van der Waals surface area contributed by atoms with Crippen molar-refractivity contribution in [1.82, 2.24) is 19.9 Å². The number of anilines is 3. The highest BCUT2D eigenvalue weighted by Crippen LogP contribution is 2.26. The van der Waals surface area contributed by atoms with E-state index < -0.39 is 0 Å². The van der Waals surface area contributed by atoms with Gasteiger partial charge in [-0.15, -0.1) is 0 Å². The molecule has 26 heavy (non-hydrogen) atoms. The molecule has 3 rings (SSSR count). The first-order valence-corrected chi connectivity index (χ1v) is 8.06. The van der Waals surface area contributed by atoms with Gasteiger partial charge in [0.1, 0.15) is 11.6 Å². The predicted molar refractivity (Wildman–Crippen MR) is 99.4 cm³/mol. The van der Waals surface area contributed by atoms with Crippen molar-refractivity contribution in [3.05, 3.63) is 46.9 Å². The molecule has 0 aliphatic heterocycles. The van der Waals surface area contributed by atoms with Crippen molar-refractivity contribution >= 4 is 35.0 Å². The van der Waals surface area contributed by atoms with Crippen LogP contribution in [-0.2, 0) is 0 Å². The molecule has 3 N–H and O–H groups in total. The number of hydrogen-bond acceptors (Lipinski definition) is 7. The monoisotopic (exact) mass is 372 g/mol. The maximum Gasteiger partial charge on any atom is 0.254 e. The largest absolute Gasteiger partial charge is 0.441 e. The highest BCUT2D eigenvalue weighted by atomic mass is 35.5. The van der Waals surface area contributed by atoms with Crippen LogP contribution < -0.4 is 11.1 Å². The Labute approximate surface area is 155 Å². The molecular formula is C17H17ClN6O2. The van der Waals surface area contributed by atoms with Gasteiger partial charge >= 0.3 is 0 Å². The lowest BCUT2D eigenvalue weighted by atomic mass is 10.2. The minimum atomic E-state index is -0.173. The molecule has 0 fully saturated rings. The number of aryl methyl sites for hydroxylation is 1. The molecule has 2 heterocycles. The van der Waals surface area contributed by atoms with Crippen molar-refractivity contribution < 1.29 is 9.21 Å². The summed E-state index contributed by atoms with van der Waals surface area (Å²) in [6, 6.07) is 4.98. The van der Waals surface area contributed by atoms with Crippen LogP contribution in [0.2, 0.25) is 5.02 Å². The van der Waals surface area contributed by atoms with Crippen molar-refractivity contribution in [1.29, 1.82) is 0 Å². The zero-order chi connectivity index (χ0) is 18.8. The summed E-state index contributed by atoms with van der Waals surface area (Å²) in [5.74, 6) is 1.38. The number of carbonyl (C=O) groups is 1. The van der Waals surface area contributed by atoms with Gasteiger partial charge in [0, 0.05) is 26.0 Å². The van der Waals surface area contributed by atoms with Crippen LogP contribution in [-0.4, -0.2) is 39.9 Å². The quantitative estimate of drug-likeness (QED) is 0.723. The SMILES string of the molecule is Cc1cnc(-c2cnc(Nc3ccc(C(=O)N(C)C)c(Cl)c3)nc2N)o1. The first-order valence-electron chi connectivity index (χ1n) is 7.68. The molecule has 9 heteroatoms. The number of nitrogens with two attached hydrogens (primary N) is 1. The van der Waals surface area contributed by atoms with Crippen LogP contribution in [0.3, 0.4) is 0 Å². The number of carbonyl (C=O) groups excluding carboxylic acids is 1. The summed E-state index contributed by atoms with van der Waals surface area (Å²) < 4.78 is 5.43. The summed E-state index contributed by atoms with van der Waals surface area (Å²) in [7, 11) is 3.33. The lowest BCUT2D eigenvalue weighted by Crippen LogP contribution is -2.21. The molecule has 8 nitrogen and oxygen atoms in total. The van der Waals surface area contributed by atoms with E-state index in [9.17, 15) is 4.79 Å². The fourth-order valence-electron chi connectivity index (χ4n) is 2.24. The van der Waals surface area contributed by atoms with Crippen LogP contribution in [0.15, 0.2) is 35.0 Å². The Morgan fingerprint density at radius 3 is 2.62 bits per heavy atom. The molecule has 134 valence electrons. The lowest BCUT2D eigenvalue weighted by Gasteiger charge is -2.13. The van der Waals surface area contributed by atoms with E-state index in [0.717, 1.165) is 0 Å². The van der Waals surface area contributed by atoms with Gasteiger partial charge in [0.25, 0.3) is 5.91 Å². The number of aromatic nitrogens is 3. The number of nitrogens with zero attached hydrogens (tertiary/aromatic N) is 4. The normalized spacial score (nSPS) is 10.6. The maximum absolute atomic E-state index is 12.0. The number of amides is 1. The Hall–Kier alpha value is -3.13. The van der Waals surface area contributed by atoms with E-state index >= 15 is 0 Å². The zero-order valence-electron chi connectivity index (χ0n) is 14.4. The summed E-state index contributed by atoms with van der Waals surface area (Å²) in [4.78, 5) is 26.0. The average molecular weight is 373 g/mol. The number of oxazole rings is 1. The Morgan fingerprint density at radius 2 is 2.04 bits per heavy atom. The molecule has 0 bridgehead atoms. The van der Waals surface area contributed by atoms with Crippen molar-refractivity contribution in [3.8, 4) is 11.5 Å². The average Bonchev–Trinajstić information content (AvgIpc) is 3.00. The smallest absolute Gasteiger partial charge is 0.254 e.